The van der Waals surface area contributed by atoms with E-state index in [1.54, 1.807) is 37.8 Å². The van der Waals surface area contributed by atoms with E-state index >= 15 is 0 Å². The van der Waals surface area contributed by atoms with Gasteiger partial charge in [-0.25, -0.2) is 9.18 Å². The molecule has 0 bridgehead atoms. The first-order valence-corrected chi connectivity index (χ1v) is 12.7. The molecule has 1 saturated heterocycles. The number of hydrogen-bond donors (Lipinski definition) is 3. The van der Waals surface area contributed by atoms with Crippen molar-refractivity contribution >= 4 is 18.0 Å². The van der Waals surface area contributed by atoms with Crippen LogP contribution in [0.5, 0.6) is 0 Å². The third kappa shape index (κ3) is 6.68. The average Bonchev–Trinajstić information content (AvgIpc) is 2.86. The van der Waals surface area contributed by atoms with Crippen LogP contribution >= 0.6 is 0 Å². The van der Waals surface area contributed by atoms with E-state index in [9.17, 15) is 23.9 Å². The number of carboxylic acids is 1. The summed E-state index contributed by atoms with van der Waals surface area (Å²) in [6.07, 6.45) is -0.690. The number of carbonyl (C=O) groups is 3. The van der Waals surface area contributed by atoms with Crippen LogP contribution < -0.4 is 10.6 Å². The normalized spacial score (nSPS) is 23.3. The van der Waals surface area contributed by atoms with Crippen molar-refractivity contribution in [2.45, 2.75) is 63.4 Å². The Labute approximate surface area is 221 Å². The van der Waals surface area contributed by atoms with Gasteiger partial charge in [-0.3, -0.25) is 9.59 Å². The Morgan fingerprint density at radius 1 is 1.11 bits per heavy atom. The Morgan fingerprint density at radius 2 is 1.82 bits per heavy atom. The van der Waals surface area contributed by atoms with Crippen LogP contribution in [0.3, 0.4) is 0 Å². The smallest absolute Gasteiger partial charge is 0.408 e. The van der Waals surface area contributed by atoms with Gasteiger partial charge in [0.25, 0.3) is 5.91 Å². The molecule has 0 spiro atoms. The number of amides is 2. The lowest BCUT2D eigenvalue weighted by atomic mass is 9.87. The van der Waals surface area contributed by atoms with E-state index in [4.69, 9.17) is 9.47 Å². The van der Waals surface area contributed by atoms with Crippen LogP contribution in [0, 0.1) is 5.82 Å². The molecule has 2 aromatic carbocycles. The minimum Gasteiger partial charge on any atom is -0.480 e. The van der Waals surface area contributed by atoms with Crippen LogP contribution in [0.4, 0.5) is 9.18 Å². The molecule has 2 heterocycles. The van der Waals surface area contributed by atoms with Crippen molar-refractivity contribution in [1.29, 1.82) is 0 Å². The van der Waals surface area contributed by atoms with Crippen LogP contribution in [-0.2, 0) is 25.5 Å². The van der Waals surface area contributed by atoms with Crippen molar-refractivity contribution in [3.63, 3.8) is 0 Å². The van der Waals surface area contributed by atoms with Gasteiger partial charge in [0.05, 0.1) is 25.2 Å². The molecule has 0 saturated carbocycles. The van der Waals surface area contributed by atoms with Gasteiger partial charge in [-0.1, -0.05) is 36.4 Å². The number of alkyl carbamates (subject to hydrolysis) is 1. The van der Waals surface area contributed by atoms with E-state index in [0.717, 1.165) is 16.7 Å². The minimum absolute atomic E-state index is 0.00141. The summed E-state index contributed by atoms with van der Waals surface area (Å²) >= 11 is 0. The van der Waals surface area contributed by atoms with Crippen molar-refractivity contribution in [2.24, 2.45) is 0 Å². The summed E-state index contributed by atoms with van der Waals surface area (Å²) in [5.74, 6) is -1.66. The third-order valence-electron chi connectivity index (χ3n) is 6.68. The molecule has 2 aromatic rings. The lowest BCUT2D eigenvalue weighted by molar-refractivity contribution is -0.150. The molecule has 4 atom stereocenters. The molecule has 38 heavy (non-hydrogen) atoms. The van der Waals surface area contributed by atoms with Gasteiger partial charge < -0.3 is 30.1 Å². The largest absolute Gasteiger partial charge is 0.480 e. The number of nitrogens with one attached hydrogen (secondary N) is 2. The lowest BCUT2D eigenvalue weighted by Gasteiger charge is -2.42. The zero-order chi connectivity index (χ0) is 27.4. The second-order valence-electron chi connectivity index (χ2n) is 10.6. The van der Waals surface area contributed by atoms with Crippen molar-refractivity contribution in [1.82, 2.24) is 15.5 Å². The minimum atomic E-state index is -1.06. The number of carboxylic acid groups (broad SMARTS) is 1. The van der Waals surface area contributed by atoms with Crippen LogP contribution in [0.2, 0.25) is 0 Å². The molecule has 0 aliphatic carbocycles. The van der Waals surface area contributed by atoms with Gasteiger partial charge in [0.2, 0.25) is 0 Å². The number of halogens is 1. The van der Waals surface area contributed by atoms with Crippen molar-refractivity contribution in [2.75, 3.05) is 19.7 Å². The van der Waals surface area contributed by atoms with Crippen LogP contribution in [0.15, 0.2) is 48.5 Å². The Hall–Kier alpha value is -3.50. The maximum absolute atomic E-state index is 13.9. The van der Waals surface area contributed by atoms with E-state index in [-0.39, 0.29) is 31.3 Å². The van der Waals surface area contributed by atoms with E-state index < -0.39 is 41.9 Å². The maximum atomic E-state index is 13.9. The Morgan fingerprint density at radius 3 is 2.50 bits per heavy atom. The Bertz CT molecular complexity index is 1170. The molecule has 3 N–H and O–H groups in total. The fraction of sp³-hybridized carbons (Fsp3) is 0.464. The predicted octanol–water partition coefficient (Wildman–Crippen LogP) is 3.02. The van der Waals surface area contributed by atoms with Gasteiger partial charge in [0.15, 0.2) is 0 Å². The zero-order valence-electron chi connectivity index (χ0n) is 21.8. The first-order chi connectivity index (χ1) is 18.0. The third-order valence-corrected chi connectivity index (χ3v) is 6.68. The number of nitrogens with zero attached hydrogens (tertiary/aromatic N) is 1. The fourth-order valence-corrected chi connectivity index (χ4v) is 5.01. The summed E-state index contributed by atoms with van der Waals surface area (Å²) in [5, 5.41) is 14.9. The summed E-state index contributed by atoms with van der Waals surface area (Å²) in [7, 11) is 0. The number of benzene rings is 2. The standard InChI is InChI=1S/C28H34FN3O6/c1-28(2,3)38-27(36)31-22-16-37-23(14-21(22)30-15-24(33)34)26(35)32-13-12-17-6-4-5-7-20(17)25(32)18-8-10-19(29)11-9-18/h4-11,21-23,25,30H,12-16H2,1-3H3,(H,31,36)(H,33,34)/t21-,22-,23+,25-/m0/s1. The van der Waals surface area contributed by atoms with Crippen molar-refractivity contribution in [3.8, 4) is 0 Å². The van der Waals surface area contributed by atoms with Crippen LogP contribution in [0.25, 0.3) is 0 Å². The zero-order valence-corrected chi connectivity index (χ0v) is 21.8. The number of hydrogen-bond acceptors (Lipinski definition) is 6. The molecular formula is C28H34FN3O6. The summed E-state index contributed by atoms with van der Waals surface area (Å²) in [6.45, 7) is 5.34. The lowest BCUT2D eigenvalue weighted by Crippen LogP contribution is -2.60. The maximum Gasteiger partial charge on any atom is 0.408 e. The molecule has 204 valence electrons. The molecule has 0 radical (unpaired) electrons. The highest BCUT2D eigenvalue weighted by molar-refractivity contribution is 5.82. The number of fused-ring (bicyclic) bond motifs is 1. The highest BCUT2D eigenvalue weighted by atomic mass is 19.1. The van der Waals surface area contributed by atoms with Gasteiger partial charge >= 0.3 is 12.1 Å². The molecule has 2 aliphatic rings. The highest BCUT2D eigenvalue weighted by Gasteiger charge is 2.41. The summed E-state index contributed by atoms with van der Waals surface area (Å²) in [5.41, 5.74) is 2.17. The summed E-state index contributed by atoms with van der Waals surface area (Å²) in [6, 6.07) is 12.5. The Kier molecular flexibility index (Phi) is 8.32. The van der Waals surface area contributed by atoms with E-state index in [2.05, 4.69) is 10.6 Å². The van der Waals surface area contributed by atoms with Gasteiger partial charge in [-0.05, 0) is 62.4 Å². The topological polar surface area (TPSA) is 117 Å². The quantitative estimate of drug-likeness (QED) is 0.529. The monoisotopic (exact) mass is 527 g/mol. The van der Waals surface area contributed by atoms with Crippen molar-refractivity contribution < 1.29 is 33.4 Å². The van der Waals surface area contributed by atoms with E-state index in [1.165, 1.54) is 12.1 Å². The first kappa shape index (κ1) is 27.5. The average molecular weight is 528 g/mol. The fourth-order valence-electron chi connectivity index (χ4n) is 5.01. The molecule has 0 unspecified atom stereocenters. The Balaban J connectivity index is 1.55. The number of aliphatic carboxylic acids is 1. The van der Waals surface area contributed by atoms with Gasteiger partial charge in [0.1, 0.15) is 17.5 Å². The summed E-state index contributed by atoms with van der Waals surface area (Å²) < 4.78 is 25.0. The number of carbonyl (C=O) groups excluding carboxylic acids is 2. The molecular weight excluding hydrogens is 493 g/mol. The molecule has 10 heteroatoms. The highest BCUT2D eigenvalue weighted by Crippen LogP contribution is 2.36. The van der Waals surface area contributed by atoms with Gasteiger partial charge in [0, 0.05) is 12.6 Å². The SMILES string of the molecule is CC(C)(C)OC(=O)N[C@H]1CO[C@@H](C(=O)N2CCc3ccccc3[C@@H]2c2ccc(F)cc2)C[C@@H]1NCC(=O)O. The summed E-state index contributed by atoms with van der Waals surface area (Å²) in [4.78, 5) is 39.3. The second kappa shape index (κ2) is 11.5. The molecule has 2 aliphatic heterocycles. The number of rotatable bonds is 6. The second-order valence-corrected chi connectivity index (χ2v) is 10.6. The van der Waals surface area contributed by atoms with E-state index in [1.807, 2.05) is 24.3 Å². The first-order valence-electron chi connectivity index (χ1n) is 12.7. The van der Waals surface area contributed by atoms with Crippen molar-refractivity contribution in [3.05, 3.63) is 71.0 Å². The van der Waals surface area contributed by atoms with Crippen LogP contribution in [-0.4, -0.2) is 71.5 Å². The predicted molar refractivity (Wildman–Crippen MR) is 137 cm³/mol. The van der Waals surface area contributed by atoms with E-state index in [0.29, 0.717) is 13.0 Å². The number of ether oxygens (including phenoxy) is 2. The van der Waals surface area contributed by atoms with Crippen LogP contribution in [0.1, 0.15) is 49.9 Å². The molecule has 2 amide bonds. The molecule has 0 aromatic heterocycles. The molecule has 9 nitrogen and oxygen atoms in total. The van der Waals surface area contributed by atoms with Gasteiger partial charge in [-0.2, -0.15) is 0 Å². The van der Waals surface area contributed by atoms with Gasteiger partial charge in [-0.15, -0.1) is 0 Å². The molecule has 1 fully saturated rings. The molecule has 4 rings (SSSR count).